The maximum absolute atomic E-state index is 13.2. The van der Waals surface area contributed by atoms with Gasteiger partial charge < -0.3 is 24.7 Å². The van der Waals surface area contributed by atoms with Crippen molar-refractivity contribution in [1.29, 1.82) is 0 Å². The molecule has 1 aromatic heterocycles. The van der Waals surface area contributed by atoms with E-state index in [-0.39, 0.29) is 32.1 Å². The second kappa shape index (κ2) is 21.8. The number of para-hydroxylation sites is 2. The number of carbonyl (C=O) groups excluding carboxylic acids is 3. The van der Waals surface area contributed by atoms with E-state index in [0.717, 1.165) is 11.9 Å². The Bertz CT molecular complexity index is 1380. The monoisotopic (exact) mass is 678 g/mol. The van der Waals surface area contributed by atoms with Gasteiger partial charge in [-0.05, 0) is 52.0 Å². The minimum atomic E-state index is -5.13. The molecule has 260 valence electrons. The van der Waals surface area contributed by atoms with E-state index in [1.54, 1.807) is 25.1 Å². The number of hydrogen-bond donors (Lipinski definition) is 3. The van der Waals surface area contributed by atoms with Gasteiger partial charge in [-0.1, -0.05) is 36.4 Å². The van der Waals surface area contributed by atoms with Crippen LogP contribution in [0.25, 0.3) is 5.69 Å². The lowest BCUT2D eigenvalue weighted by molar-refractivity contribution is -0.169. The maximum Gasteiger partial charge on any atom is 0.455 e. The number of anilines is 1. The number of hydrogen-bond acceptors (Lipinski definition) is 10. The third-order valence-corrected chi connectivity index (χ3v) is 4.84. The summed E-state index contributed by atoms with van der Waals surface area (Å²) in [7, 11) is 0. The number of nitrogens with one attached hydrogen (secondary N) is 1. The molecule has 0 bridgehead atoms. The highest BCUT2D eigenvalue weighted by Crippen LogP contribution is 2.34. The summed E-state index contributed by atoms with van der Waals surface area (Å²) in [5, 5.41) is 11.2. The van der Waals surface area contributed by atoms with Crippen LogP contribution >= 0.6 is 0 Å². The van der Waals surface area contributed by atoms with Crippen LogP contribution in [0, 0.1) is 0 Å². The van der Waals surface area contributed by atoms with Gasteiger partial charge in [0, 0.05) is 12.3 Å². The quantitative estimate of drug-likeness (QED) is 0.0379. The second-order valence-electron chi connectivity index (χ2n) is 8.23. The number of hydrazine groups is 1. The number of aliphatic hydroxyl groups excluding tert-OH is 1. The number of alkyl halides is 6. The number of ketones is 1. The zero-order chi connectivity index (χ0) is 36.0. The molecule has 0 fully saturated rings. The Labute approximate surface area is 266 Å². The molecular formula is C30H36F6N4O7. The van der Waals surface area contributed by atoms with Crippen LogP contribution in [-0.4, -0.2) is 65.2 Å². The van der Waals surface area contributed by atoms with Gasteiger partial charge in [0.1, 0.15) is 17.4 Å². The minimum Gasteiger partial charge on any atom is -0.500 e. The number of nitrogens with two attached hydrogens (primary N) is 1. The third-order valence-electron chi connectivity index (χ3n) is 4.84. The fourth-order valence-electron chi connectivity index (χ4n) is 3.00. The molecule has 0 unspecified atom stereocenters. The van der Waals surface area contributed by atoms with Gasteiger partial charge in [0.2, 0.25) is 0 Å². The van der Waals surface area contributed by atoms with Crippen LogP contribution in [0.15, 0.2) is 78.7 Å². The van der Waals surface area contributed by atoms with E-state index in [0.29, 0.717) is 10.9 Å². The summed E-state index contributed by atoms with van der Waals surface area (Å²) in [6.45, 7) is 6.26. The van der Waals surface area contributed by atoms with Crippen LogP contribution in [0.1, 0.15) is 43.7 Å². The molecule has 4 N–H and O–H groups in total. The number of nitrogen functional groups attached to an aromatic ring is 1. The van der Waals surface area contributed by atoms with Crippen molar-refractivity contribution in [2.45, 2.75) is 40.0 Å². The van der Waals surface area contributed by atoms with Crippen LogP contribution in [0.3, 0.4) is 0 Å². The molecule has 1 heterocycles. The van der Waals surface area contributed by atoms with Crippen molar-refractivity contribution in [1.82, 2.24) is 9.78 Å². The van der Waals surface area contributed by atoms with Crippen molar-refractivity contribution >= 4 is 23.4 Å². The van der Waals surface area contributed by atoms with Gasteiger partial charge >= 0.3 is 24.3 Å². The smallest absolute Gasteiger partial charge is 0.455 e. The summed E-state index contributed by atoms with van der Waals surface area (Å²) in [6, 6.07) is 17.4. The Kier molecular flexibility index (Phi) is 19.5. The van der Waals surface area contributed by atoms with E-state index in [9.17, 15) is 40.7 Å². The number of halogens is 6. The van der Waals surface area contributed by atoms with Crippen LogP contribution in [0.2, 0.25) is 0 Å². The molecule has 0 aliphatic carbocycles. The zero-order valence-corrected chi connectivity index (χ0v) is 25.9. The lowest BCUT2D eigenvalue weighted by Crippen LogP contribution is -2.29. The molecule has 0 aliphatic heterocycles. The molecule has 2 aromatic carbocycles. The lowest BCUT2D eigenvalue weighted by Gasteiger charge is -2.12. The average molecular weight is 679 g/mol. The van der Waals surface area contributed by atoms with E-state index >= 15 is 0 Å². The number of aliphatic hydroxyl groups is 1. The molecule has 3 aromatic rings. The summed E-state index contributed by atoms with van der Waals surface area (Å²) in [5.41, 5.74) is 0.795. The summed E-state index contributed by atoms with van der Waals surface area (Å²) in [4.78, 5) is 33.4. The number of benzene rings is 2. The highest BCUT2D eigenvalue weighted by Gasteiger charge is 2.44. The van der Waals surface area contributed by atoms with Crippen LogP contribution in [0.4, 0.5) is 32.0 Å². The van der Waals surface area contributed by atoms with E-state index < -0.39 is 46.9 Å². The largest absolute Gasteiger partial charge is 0.500 e. The first kappa shape index (κ1) is 42.1. The number of carbonyl (C=O) groups is 3. The first-order valence-electron chi connectivity index (χ1n) is 13.7. The van der Waals surface area contributed by atoms with Gasteiger partial charge in [-0.2, -0.15) is 31.4 Å². The Balaban J connectivity index is 0.000000696. The maximum atomic E-state index is 13.2. The molecule has 3 rings (SSSR count). The zero-order valence-electron chi connectivity index (χ0n) is 25.9. The number of rotatable bonds is 9. The summed E-state index contributed by atoms with van der Waals surface area (Å²) < 4.78 is 89.8. The predicted octanol–water partition coefficient (Wildman–Crippen LogP) is 5.64. The predicted molar refractivity (Wildman–Crippen MR) is 159 cm³/mol. The number of Topliss-reactive ketones (excluding diaryl/α,β-unsaturated/α-hetero) is 1. The molecule has 0 aliphatic rings. The second-order valence-corrected chi connectivity index (χ2v) is 8.23. The van der Waals surface area contributed by atoms with Gasteiger partial charge in [0.15, 0.2) is 5.69 Å². The molecule has 0 saturated heterocycles. The first-order chi connectivity index (χ1) is 22.1. The van der Waals surface area contributed by atoms with Gasteiger partial charge in [0.25, 0.3) is 5.78 Å². The molecular weight excluding hydrogens is 642 g/mol. The number of nitrogens with zero attached hydrogens (tertiary/aromatic N) is 2. The SMILES string of the molecule is CCO.CCO/C=C(/C(=O)OCC)C(=O)C(F)(F)F.CCOC(=O)c1cnn(-c2ccccc2)c1C(F)(F)F.NNc1ccccc1. The molecule has 0 saturated carbocycles. The van der Waals surface area contributed by atoms with Crippen molar-refractivity contribution in [2.75, 3.05) is 31.9 Å². The van der Waals surface area contributed by atoms with Crippen molar-refractivity contribution in [3.05, 3.63) is 90.0 Å². The molecule has 0 amide bonds. The van der Waals surface area contributed by atoms with Crippen molar-refractivity contribution in [3.8, 4) is 5.69 Å². The molecule has 0 radical (unpaired) electrons. The van der Waals surface area contributed by atoms with Crippen molar-refractivity contribution < 1.29 is 60.0 Å². The number of aromatic nitrogens is 2. The standard InChI is InChI=1S/C13H11F3N2O2.C9H11F3O4.C6H8N2.C2H6O/c1-2-20-12(19)10-8-17-18(11(10)13(14,15)16)9-6-4-3-5-7-9;1-3-15-5-6(8(14)16-4-2)7(13)9(10,11)12;7-8-6-4-2-1-3-5-6;1-2-3/h3-8H,2H2,1H3;5H,3-4H2,1-2H3;1-5,8H,7H2;3H,2H2,1H3/b;6-5+;;. The Morgan fingerprint density at radius 2 is 1.38 bits per heavy atom. The summed E-state index contributed by atoms with van der Waals surface area (Å²) in [5.74, 6) is 0.433. The minimum absolute atomic E-state index is 0.00729. The molecule has 0 atom stereocenters. The van der Waals surface area contributed by atoms with Gasteiger partial charge in [0.05, 0.1) is 31.7 Å². The van der Waals surface area contributed by atoms with Gasteiger partial charge in [-0.25, -0.2) is 14.3 Å². The van der Waals surface area contributed by atoms with Gasteiger partial charge in [-0.3, -0.25) is 10.6 Å². The molecule has 17 heteroatoms. The Morgan fingerprint density at radius 1 is 0.872 bits per heavy atom. The van der Waals surface area contributed by atoms with Crippen molar-refractivity contribution in [3.63, 3.8) is 0 Å². The van der Waals surface area contributed by atoms with Crippen LogP contribution in [0.5, 0.6) is 0 Å². The summed E-state index contributed by atoms with van der Waals surface area (Å²) in [6.07, 6.45) is -8.51. The molecule has 0 spiro atoms. The molecule has 11 nitrogen and oxygen atoms in total. The summed E-state index contributed by atoms with van der Waals surface area (Å²) >= 11 is 0. The lowest BCUT2D eigenvalue weighted by atomic mass is 10.2. The topological polar surface area (TPSA) is 155 Å². The van der Waals surface area contributed by atoms with Crippen LogP contribution in [-0.2, 0) is 30.0 Å². The Morgan fingerprint density at radius 3 is 1.79 bits per heavy atom. The first-order valence-corrected chi connectivity index (χ1v) is 13.7. The van der Waals surface area contributed by atoms with Crippen molar-refractivity contribution in [2.24, 2.45) is 5.84 Å². The van der Waals surface area contributed by atoms with E-state index in [2.05, 4.69) is 24.7 Å². The average Bonchev–Trinajstić information content (AvgIpc) is 3.50. The van der Waals surface area contributed by atoms with E-state index in [1.165, 1.54) is 32.9 Å². The number of ether oxygens (including phenoxy) is 3. The van der Waals surface area contributed by atoms with Gasteiger partial charge in [-0.15, -0.1) is 0 Å². The van der Waals surface area contributed by atoms with E-state index in [1.807, 2.05) is 30.3 Å². The highest BCUT2D eigenvalue weighted by molar-refractivity contribution is 6.19. The Hall–Kier alpha value is -4.90. The van der Waals surface area contributed by atoms with E-state index in [4.69, 9.17) is 10.9 Å². The highest BCUT2D eigenvalue weighted by atomic mass is 19.4. The number of esters is 2. The third kappa shape index (κ3) is 15.3. The molecule has 47 heavy (non-hydrogen) atoms. The normalized spacial score (nSPS) is 10.9. The van der Waals surface area contributed by atoms with Crippen LogP contribution < -0.4 is 11.3 Å². The fourth-order valence-corrected chi connectivity index (χ4v) is 3.00. The fraction of sp³-hybridized carbons (Fsp3) is 0.333.